The lowest BCUT2D eigenvalue weighted by Gasteiger charge is -2.12. The van der Waals surface area contributed by atoms with E-state index in [1.165, 1.54) is 0 Å². The number of halogens is 1. The largest absolute Gasteiger partial charge is 0.325 e. The summed E-state index contributed by atoms with van der Waals surface area (Å²) in [4.78, 5) is 13.1. The lowest BCUT2D eigenvalue weighted by molar-refractivity contribution is -0.113. The van der Waals surface area contributed by atoms with Crippen LogP contribution in [0.1, 0.15) is 11.1 Å². The monoisotopic (exact) mass is 349 g/mol. The van der Waals surface area contributed by atoms with Crippen molar-refractivity contribution in [3.8, 4) is 0 Å². The Balaban J connectivity index is 1.98. The van der Waals surface area contributed by atoms with Gasteiger partial charge in [-0.1, -0.05) is 34.1 Å². The van der Waals surface area contributed by atoms with Crippen LogP contribution in [0.15, 0.2) is 51.8 Å². The number of hydrogen-bond acceptors (Lipinski definition) is 2. The molecule has 2 rings (SSSR count). The van der Waals surface area contributed by atoms with E-state index in [4.69, 9.17) is 0 Å². The summed E-state index contributed by atoms with van der Waals surface area (Å²) in [5, 5.41) is 3.00. The molecule has 0 heterocycles. The van der Waals surface area contributed by atoms with Crippen LogP contribution in [-0.2, 0) is 4.79 Å². The van der Waals surface area contributed by atoms with Gasteiger partial charge in [-0.3, -0.25) is 4.79 Å². The molecule has 4 heteroatoms. The normalized spacial score (nSPS) is 10.3. The molecule has 0 aliphatic carbocycles. The zero-order chi connectivity index (χ0) is 14.5. The fraction of sp³-hybridized carbons (Fsp3) is 0.188. The minimum Gasteiger partial charge on any atom is -0.325 e. The van der Waals surface area contributed by atoms with Gasteiger partial charge >= 0.3 is 0 Å². The summed E-state index contributed by atoms with van der Waals surface area (Å²) in [5.41, 5.74) is 3.04. The van der Waals surface area contributed by atoms with Crippen molar-refractivity contribution in [2.45, 2.75) is 18.7 Å². The number of aryl methyl sites for hydroxylation is 2. The molecular weight excluding hydrogens is 334 g/mol. The van der Waals surface area contributed by atoms with Gasteiger partial charge < -0.3 is 5.32 Å². The SMILES string of the molecule is Cc1cc(Br)cc(C)c1NC(=O)CSc1ccccc1. The molecule has 2 aromatic rings. The molecule has 104 valence electrons. The van der Waals surface area contributed by atoms with Gasteiger partial charge in [0.25, 0.3) is 0 Å². The van der Waals surface area contributed by atoms with Gasteiger partial charge in [0.1, 0.15) is 0 Å². The van der Waals surface area contributed by atoms with Crippen molar-refractivity contribution in [2.75, 3.05) is 11.1 Å². The van der Waals surface area contributed by atoms with Crippen LogP contribution in [0.5, 0.6) is 0 Å². The number of hydrogen-bond donors (Lipinski definition) is 1. The van der Waals surface area contributed by atoms with E-state index in [1.54, 1.807) is 11.8 Å². The van der Waals surface area contributed by atoms with Crippen LogP contribution in [-0.4, -0.2) is 11.7 Å². The second kappa shape index (κ2) is 6.95. The predicted octanol–water partition coefficient (Wildman–Crippen LogP) is 4.80. The number of anilines is 1. The topological polar surface area (TPSA) is 29.1 Å². The van der Waals surface area contributed by atoms with Crippen LogP contribution >= 0.6 is 27.7 Å². The Morgan fingerprint density at radius 3 is 2.35 bits per heavy atom. The van der Waals surface area contributed by atoms with Gasteiger partial charge in [0.15, 0.2) is 0 Å². The molecule has 0 aliphatic rings. The summed E-state index contributed by atoms with van der Waals surface area (Å²) in [6.45, 7) is 4.00. The first-order valence-electron chi connectivity index (χ1n) is 6.30. The molecule has 2 nitrogen and oxygen atoms in total. The predicted molar refractivity (Wildman–Crippen MR) is 89.4 cm³/mol. The van der Waals surface area contributed by atoms with E-state index >= 15 is 0 Å². The van der Waals surface area contributed by atoms with Gasteiger partial charge in [-0.05, 0) is 49.2 Å². The lowest BCUT2D eigenvalue weighted by atomic mass is 10.1. The molecule has 0 atom stereocenters. The minimum absolute atomic E-state index is 0.0207. The third-order valence-electron chi connectivity index (χ3n) is 2.88. The molecule has 1 amide bonds. The van der Waals surface area contributed by atoms with Gasteiger partial charge in [0.2, 0.25) is 5.91 Å². The summed E-state index contributed by atoms with van der Waals surface area (Å²) in [5.74, 6) is 0.436. The summed E-state index contributed by atoms with van der Waals surface area (Å²) in [6.07, 6.45) is 0. The highest BCUT2D eigenvalue weighted by molar-refractivity contribution is 9.10. The molecular formula is C16H16BrNOS. The Morgan fingerprint density at radius 1 is 1.15 bits per heavy atom. The molecule has 0 saturated heterocycles. The highest BCUT2D eigenvalue weighted by Crippen LogP contribution is 2.25. The Hall–Kier alpha value is -1.26. The maximum absolute atomic E-state index is 12.0. The van der Waals surface area contributed by atoms with E-state index in [1.807, 2.05) is 56.3 Å². The molecule has 2 aromatic carbocycles. The first-order chi connectivity index (χ1) is 9.56. The lowest BCUT2D eigenvalue weighted by Crippen LogP contribution is -2.15. The van der Waals surface area contributed by atoms with Gasteiger partial charge in [0, 0.05) is 15.1 Å². The van der Waals surface area contributed by atoms with Crippen LogP contribution in [0.2, 0.25) is 0 Å². The number of carbonyl (C=O) groups excluding carboxylic acids is 1. The van der Waals surface area contributed by atoms with E-state index in [2.05, 4.69) is 21.2 Å². The van der Waals surface area contributed by atoms with Crippen LogP contribution in [0.4, 0.5) is 5.69 Å². The number of benzene rings is 2. The van der Waals surface area contributed by atoms with E-state index < -0.39 is 0 Å². The quantitative estimate of drug-likeness (QED) is 0.803. The molecule has 0 aromatic heterocycles. The molecule has 0 fully saturated rings. The van der Waals surface area contributed by atoms with Crippen molar-refractivity contribution in [2.24, 2.45) is 0 Å². The van der Waals surface area contributed by atoms with Crippen LogP contribution in [0, 0.1) is 13.8 Å². The Labute approximate surface area is 132 Å². The van der Waals surface area contributed by atoms with Crippen molar-refractivity contribution >= 4 is 39.3 Å². The summed E-state index contributed by atoms with van der Waals surface area (Å²) in [6, 6.07) is 14.0. The van der Waals surface area contributed by atoms with Crippen molar-refractivity contribution < 1.29 is 4.79 Å². The van der Waals surface area contributed by atoms with Crippen molar-refractivity contribution in [1.29, 1.82) is 0 Å². The number of rotatable bonds is 4. The number of carbonyl (C=O) groups is 1. The van der Waals surface area contributed by atoms with Crippen molar-refractivity contribution in [3.63, 3.8) is 0 Å². The fourth-order valence-corrected chi connectivity index (χ4v) is 3.36. The standard InChI is InChI=1S/C16H16BrNOS/c1-11-8-13(17)9-12(2)16(11)18-15(19)10-20-14-6-4-3-5-7-14/h3-9H,10H2,1-2H3,(H,18,19). The summed E-state index contributed by atoms with van der Waals surface area (Å²) in [7, 11) is 0. The molecule has 0 bridgehead atoms. The number of thioether (sulfide) groups is 1. The van der Waals surface area contributed by atoms with Crippen molar-refractivity contribution in [1.82, 2.24) is 0 Å². The van der Waals surface area contributed by atoms with Crippen LogP contribution < -0.4 is 5.32 Å². The average Bonchev–Trinajstić information content (AvgIpc) is 2.42. The maximum atomic E-state index is 12.0. The Morgan fingerprint density at radius 2 is 1.75 bits per heavy atom. The Bertz CT molecular complexity index is 590. The second-order valence-corrected chi connectivity index (χ2v) is 6.53. The smallest absolute Gasteiger partial charge is 0.234 e. The van der Waals surface area contributed by atoms with E-state index in [9.17, 15) is 4.79 Å². The van der Waals surface area contributed by atoms with E-state index in [0.29, 0.717) is 5.75 Å². The van der Waals surface area contributed by atoms with Gasteiger partial charge in [-0.2, -0.15) is 0 Å². The minimum atomic E-state index is 0.0207. The van der Waals surface area contributed by atoms with Gasteiger partial charge in [-0.15, -0.1) is 11.8 Å². The third kappa shape index (κ3) is 4.12. The average molecular weight is 350 g/mol. The van der Waals surface area contributed by atoms with Crippen molar-refractivity contribution in [3.05, 3.63) is 58.1 Å². The van der Waals surface area contributed by atoms with E-state index in [-0.39, 0.29) is 5.91 Å². The first kappa shape index (κ1) is 15.1. The van der Waals surface area contributed by atoms with Crippen LogP contribution in [0.25, 0.3) is 0 Å². The zero-order valence-corrected chi connectivity index (χ0v) is 13.8. The molecule has 0 aliphatic heterocycles. The molecule has 0 radical (unpaired) electrons. The third-order valence-corrected chi connectivity index (χ3v) is 4.34. The molecule has 0 unspecified atom stereocenters. The maximum Gasteiger partial charge on any atom is 0.234 e. The van der Waals surface area contributed by atoms with Gasteiger partial charge in [0.05, 0.1) is 5.75 Å². The van der Waals surface area contributed by atoms with Crippen LogP contribution in [0.3, 0.4) is 0 Å². The van der Waals surface area contributed by atoms with E-state index in [0.717, 1.165) is 26.2 Å². The first-order valence-corrected chi connectivity index (χ1v) is 8.08. The molecule has 0 saturated carbocycles. The molecule has 1 N–H and O–H groups in total. The highest BCUT2D eigenvalue weighted by atomic mass is 79.9. The summed E-state index contributed by atoms with van der Waals surface area (Å²) < 4.78 is 1.03. The molecule has 0 spiro atoms. The van der Waals surface area contributed by atoms with Gasteiger partial charge in [-0.25, -0.2) is 0 Å². The zero-order valence-electron chi connectivity index (χ0n) is 11.4. The molecule has 20 heavy (non-hydrogen) atoms. The number of amides is 1. The summed E-state index contributed by atoms with van der Waals surface area (Å²) >= 11 is 5.00. The fourth-order valence-electron chi connectivity index (χ4n) is 1.95. The Kier molecular flexibility index (Phi) is 5.26. The number of nitrogens with one attached hydrogen (secondary N) is 1. The second-order valence-electron chi connectivity index (χ2n) is 4.56. The highest BCUT2D eigenvalue weighted by Gasteiger charge is 2.09.